The van der Waals surface area contributed by atoms with Gasteiger partial charge < -0.3 is 25.4 Å². The molecule has 25 heavy (non-hydrogen) atoms. The highest BCUT2D eigenvalue weighted by Crippen LogP contribution is 2.35. The lowest BCUT2D eigenvalue weighted by molar-refractivity contribution is -0.167. The number of aromatic nitrogens is 4. The first-order valence-electron chi connectivity index (χ1n) is 7.82. The summed E-state index contributed by atoms with van der Waals surface area (Å²) >= 11 is 0. The van der Waals surface area contributed by atoms with Crippen molar-refractivity contribution < 1.29 is 24.5 Å². The number of anilines is 1. The summed E-state index contributed by atoms with van der Waals surface area (Å²) in [5, 5.41) is 19.8. The molecule has 10 nitrogen and oxygen atoms in total. The van der Waals surface area contributed by atoms with Crippen LogP contribution in [0.25, 0.3) is 11.2 Å². The SMILES string of the molecule is CC(C)(C)C(=O)O[C@@H]1[C@H](O)[C@@H](CO)O[C@H]1n1cnc2c(N)ncnc21. The molecule has 3 heterocycles. The monoisotopic (exact) mass is 351 g/mol. The van der Waals surface area contributed by atoms with Gasteiger partial charge in [0.05, 0.1) is 18.3 Å². The third-order valence-electron chi connectivity index (χ3n) is 4.01. The lowest BCUT2D eigenvalue weighted by atomic mass is 9.97. The number of rotatable bonds is 3. The van der Waals surface area contributed by atoms with Gasteiger partial charge in [-0.1, -0.05) is 0 Å². The van der Waals surface area contributed by atoms with E-state index in [9.17, 15) is 15.0 Å². The second kappa shape index (κ2) is 6.21. The van der Waals surface area contributed by atoms with Gasteiger partial charge >= 0.3 is 5.97 Å². The quantitative estimate of drug-likeness (QED) is 0.630. The Bertz CT molecular complexity index is 786. The summed E-state index contributed by atoms with van der Waals surface area (Å²) in [6.07, 6.45) is -1.33. The fourth-order valence-corrected chi connectivity index (χ4v) is 2.58. The molecule has 0 saturated carbocycles. The second-order valence-corrected chi connectivity index (χ2v) is 6.94. The summed E-state index contributed by atoms with van der Waals surface area (Å²) in [5.41, 5.74) is 5.76. The van der Waals surface area contributed by atoms with Crippen LogP contribution in [0.1, 0.15) is 27.0 Å². The first-order chi connectivity index (χ1) is 11.7. The van der Waals surface area contributed by atoms with Crippen LogP contribution >= 0.6 is 0 Å². The zero-order valence-electron chi connectivity index (χ0n) is 14.2. The molecule has 4 N–H and O–H groups in total. The van der Waals surface area contributed by atoms with Crippen molar-refractivity contribution in [3.8, 4) is 0 Å². The third-order valence-corrected chi connectivity index (χ3v) is 4.01. The molecular formula is C15H21N5O5. The number of fused-ring (bicyclic) bond motifs is 1. The molecule has 2 aromatic heterocycles. The van der Waals surface area contributed by atoms with Crippen molar-refractivity contribution in [3.05, 3.63) is 12.7 Å². The number of nitrogens with zero attached hydrogens (tertiary/aromatic N) is 4. The second-order valence-electron chi connectivity index (χ2n) is 6.94. The molecule has 2 aromatic rings. The van der Waals surface area contributed by atoms with E-state index >= 15 is 0 Å². The van der Waals surface area contributed by atoms with Gasteiger partial charge in [0.2, 0.25) is 0 Å². The smallest absolute Gasteiger partial charge is 0.311 e. The number of hydrogen-bond acceptors (Lipinski definition) is 9. The molecule has 0 radical (unpaired) electrons. The summed E-state index contributed by atoms with van der Waals surface area (Å²) in [5.74, 6) is -0.299. The van der Waals surface area contributed by atoms with E-state index in [4.69, 9.17) is 15.2 Å². The maximum Gasteiger partial charge on any atom is 0.311 e. The van der Waals surface area contributed by atoms with Crippen molar-refractivity contribution in [2.24, 2.45) is 5.41 Å². The Morgan fingerprint density at radius 2 is 2.12 bits per heavy atom. The summed E-state index contributed by atoms with van der Waals surface area (Å²) in [6.45, 7) is 4.69. The molecule has 10 heteroatoms. The molecule has 136 valence electrons. The third kappa shape index (κ3) is 3.03. The van der Waals surface area contributed by atoms with E-state index in [1.54, 1.807) is 20.8 Å². The van der Waals surface area contributed by atoms with Crippen molar-refractivity contribution >= 4 is 23.0 Å². The van der Waals surface area contributed by atoms with Crippen LogP contribution in [0.5, 0.6) is 0 Å². The summed E-state index contributed by atoms with van der Waals surface area (Å²) in [6, 6.07) is 0. The van der Waals surface area contributed by atoms with Gasteiger partial charge in [0.25, 0.3) is 0 Å². The Labute approximate surface area is 143 Å². The van der Waals surface area contributed by atoms with Gasteiger partial charge in [-0.05, 0) is 20.8 Å². The minimum Gasteiger partial charge on any atom is -0.454 e. The highest BCUT2D eigenvalue weighted by molar-refractivity contribution is 5.81. The summed E-state index contributed by atoms with van der Waals surface area (Å²) < 4.78 is 12.7. The molecule has 1 aliphatic heterocycles. The minimum absolute atomic E-state index is 0.198. The lowest BCUT2D eigenvalue weighted by Gasteiger charge is -2.25. The van der Waals surface area contributed by atoms with Gasteiger partial charge in [0, 0.05) is 0 Å². The van der Waals surface area contributed by atoms with E-state index < -0.39 is 42.5 Å². The van der Waals surface area contributed by atoms with Crippen LogP contribution in [-0.4, -0.2) is 60.6 Å². The summed E-state index contributed by atoms with van der Waals surface area (Å²) in [4.78, 5) is 24.4. The lowest BCUT2D eigenvalue weighted by Crippen LogP contribution is -2.39. The van der Waals surface area contributed by atoms with Crippen LogP contribution in [0.4, 0.5) is 5.82 Å². The molecule has 0 bridgehead atoms. The Kier molecular flexibility index (Phi) is 4.35. The molecule has 0 unspecified atom stereocenters. The van der Waals surface area contributed by atoms with E-state index in [2.05, 4.69) is 15.0 Å². The number of aliphatic hydroxyl groups is 2. The van der Waals surface area contributed by atoms with E-state index in [0.29, 0.717) is 11.2 Å². The number of nitrogens with two attached hydrogens (primary N) is 1. The zero-order valence-corrected chi connectivity index (χ0v) is 14.2. The maximum absolute atomic E-state index is 12.3. The molecule has 3 rings (SSSR count). The number of carbonyl (C=O) groups is 1. The van der Waals surface area contributed by atoms with Crippen molar-refractivity contribution in [2.75, 3.05) is 12.3 Å². The van der Waals surface area contributed by atoms with Gasteiger partial charge in [-0.25, -0.2) is 15.0 Å². The number of carbonyl (C=O) groups excluding carboxylic acids is 1. The van der Waals surface area contributed by atoms with E-state index in [-0.39, 0.29) is 5.82 Å². The highest BCUT2D eigenvalue weighted by atomic mass is 16.6. The summed E-state index contributed by atoms with van der Waals surface area (Å²) in [7, 11) is 0. The van der Waals surface area contributed by atoms with Crippen LogP contribution in [0.15, 0.2) is 12.7 Å². The number of hydrogen-bond donors (Lipinski definition) is 3. The molecule has 4 atom stereocenters. The van der Waals surface area contributed by atoms with Crippen LogP contribution in [-0.2, 0) is 14.3 Å². The van der Waals surface area contributed by atoms with E-state index in [0.717, 1.165) is 0 Å². The minimum atomic E-state index is -1.20. The number of ether oxygens (including phenoxy) is 2. The molecule has 0 aromatic carbocycles. The zero-order chi connectivity index (χ0) is 18.4. The van der Waals surface area contributed by atoms with Gasteiger partial charge in [-0.2, -0.15) is 0 Å². The van der Waals surface area contributed by atoms with Gasteiger partial charge in [-0.15, -0.1) is 0 Å². The van der Waals surface area contributed by atoms with E-state index in [1.165, 1.54) is 17.2 Å². The molecule has 0 spiro atoms. The van der Waals surface area contributed by atoms with Crippen LogP contribution in [0.2, 0.25) is 0 Å². The maximum atomic E-state index is 12.3. The normalized spacial score (nSPS) is 26.9. The number of aliphatic hydroxyl groups excluding tert-OH is 2. The molecule has 0 amide bonds. The highest BCUT2D eigenvalue weighted by Gasteiger charge is 2.48. The average molecular weight is 351 g/mol. The number of nitrogen functional groups attached to an aromatic ring is 1. The average Bonchev–Trinajstić information content (AvgIpc) is 3.09. The van der Waals surface area contributed by atoms with Crippen molar-refractivity contribution in [1.29, 1.82) is 0 Å². The predicted octanol–water partition coefficient (Wildman–Crippen LogP) is -0.383. The Balaban J connectivity index is 1.99. The predicted molar refractivity (Wildman–Crippen MR) is 86.1 cm³/mol. The molecular weight excluding hydrogens is 330 g/mol. The molecule has 0 aliphatic carbocycles. The molecule has 1 fully saturated rings. The van der Waals surface area contributed by atoms with Crippen LogP contribution < -0.4 is 5.73 Å². The fourth-order valence-electron chi connectivity index (χ4n) is 2.58. The van der Waals surface area contributed by atoms with Crippen molar-refractivity contribution in [2.45, 2.75) is 45.3 Å². The topological polar surface area (TPSA) is 146 Å². The first-order valence-corrected chi connectivity index (χ1v) is 7.82. The van der Waals surface area contributed by atoms with Gasteiger partial charge in [0.1, 0.15) is 24.1 Å². The van der Waals surface area contributed by atoms with E-state index in [1.807, 2.05) is 0 Å². The number of imidazole rings is 1. The molecule has 1 saturated heterocycles. The van der Waals surface area contributed by atoms with Crippen LogP contribution in [0, 0.1) is 5.41 Å². The standard InChI is InChI=1S/C15H21N5O5/c1-15(2,3)14(23)25-10-9(22)7(4-21)24-13(10)20-6-19-8-11(16)17-5-18-12(8)20/h5-7,9-10,13,21-22H,4H2,1-3H3,(H2,16,17,18)/t7-,9-,10-,13-/m1/s1. The largest absolute Gasteiger partial charge is 0.454 e. The van der Waals surface area contributed by atoms with Gasteiger partial charge in [-0.3, -0.25) is 9.36 Å². The van der Waals surface area contributed by atoms with Crippen molar-refractivity contribution in [1.82, 2.24) is 19.5 Å². The van der Waals surface area contributed by atoms with Crippen LogP contribution in [0.3, 0.4) is 0 Å². The molecule has 1 aliphatic rings. The fraction of sp³-hybridized carbons (Fsp3) is 0.600. The Morgan fingerprint density at radius 3 is 2.76 bits per heavy atom. The Hall–Kier alpha value is -2.30. The Morgan fingerprint density at radius 1 is 1.40 bits per heavy atom. The first kappa shape index (κ1) is 17.5. The van der Waals surface area contributed by atoms with Gasteiger partial charge in [0.15, 0.2) is 23.8 Å². The number of esters is 1. The van der Waals surface area contributed by atoms with Crippen molar-refractivity contribution in [3.63, 3.8) is 0 Å².